The van der Waals surface area contributed by atoms with Crippen LogP contribution >= 0.6 is 0 Å². The first-order valence-corrected chi connectivity index (χ1v) is 8.23. The van der Waals surface area contributed by atoms with Crippen LogP contribution < -0.4 is 5.73 Å². The van der Waals surface area contributed by atoms with E-state index in [1.54, 1.807) is 42.5 Å². The molecule has 0 radical (unpaired) electrons. The Morgan fingerprint density at radius 1 is 1.14 bits per heavy atom. The molecule has 3 aromatic rings. The second kappa shape index (κ2) is 7.90. The smallest absolute Gasteiger partial charge is 0.337 e. The van der Waals surface area contributed by atoms with E-state index >= 15 is 0 Å². The molecule has 0 atom stereocenters. The summed E-state index contributed by atoms with van der Waals surface area (Å²) in [4.78, 5) is 11.5. The molecule has 0 aliphatic carbocycles. The second-order valence-corrected chi connectivity index (χ2v) is 5.75. The van der Waals surface area contributed by atoms with Gasteiger partial charge in [0.25, 0.3) is 0 Å². The zero-order valence-electron chi connectivity index (χ0n) is 15.0. The minimum Gasteiger partial charge on any atom is -0.465 e. The highest BCUT2D eigenvalue weighted by molar-refractivity contribution is 5.93. The fraction of sp³-hybridized carbons (Fsp3) is 0.0476. The van der Waals surface area contributed by atoms with Crippen molar-refractivity contribution in [2.24, 2.45) is 0 Å². The van der Waals surface area contributed by atoms with Gasteiger partial charge < -0.3 is 10.5 Å². The maximum Gasteiger partial charge on any atom is 0.337 e. The number of nitrogen functional groups attached to an aromatic ring is 1. The van der Waals surface area contributed by atoms with Crippen molar-refractivity contribution in [3.63, 3.8) is 0 Å². The van der Waals surface area contributed by atoms with E-state index in [0.29, 0.717) is 16.8 Å². The highest BCUT2D eigenvalue weighted by atomic mass is 16.5. The molecule has 1 heterocycles. The summed E-state index contributed by atoms with van der Waals surface area (Å²) < 4.78 is 6.10. The Labute approximate surface area is 161 Å². The zero-order valence-corrected chi connectivity index (χ0v) is 15.0. The number of anilines is 1. The van der Waals surface area contributed by atoms with Crippen LogP contribution in [0.15, 0.2) is 54.6 Å². The number of nitrogens with two attached hydrogens (primary N) is 1. The highest BCUT2D eigenvalue weighted by Gasteiger charge is 2.19. The van der Waals surface area contributed by atoms with E-state index in [4.69, 9.17) is 5.73 Å². The SMILES string of the molecule is COC(=O)c1ccc(C=C(C#N)c2nn(-c3ccccc3)c(N)c2C#N)cc1. The van der Waals surface area contributed by atoms with Crippen LogP contribution in [-0.2, 0) is 4.74 Å². The summed E-state index contributed by atoms with van der Waals surface area (Å²) in [7, 11) is 1.31. The number of aromatic nitrogens is 2. The van der Waals surface area contributed by atoms with Crippen LogP contribution in [0.5, 0.6) is 0 Å². The van der Waals surface area contributed by atoms with Crippen LogP contribution in [-0.4, -0.2) is 22.9 Å². The van der Waals surface area contributed by atoms with Crippen LogP contribution in [0.1, 0.15) is 27.2 Å². The number of rotatable bonds is 4. The van der Waals surface area contributed by atoms with E-state index in [-0.39, 0.29) is 22.6 Å². The maximum absolute atomic E-state index is 11.5. The molecule has 28 heavy (non-hydrogen) atoms. The fourth-order valence-electron chi connectivity index (χ4n) is 2.65. The third-order valence-corrected chi connectivity index (χ3v) is 4.05. The number of allylic oxidation sites excluding steroid dienone is 1. The molecule has 7 nitrogen and oxygen atoms in total. The van der Waals surface area contributed by atoms with Crippen molar-refractivity contribution in [2.45, 2.75) is 0 Å². The van der Waals surface area contributed by atoms with Gasteiger partial charge in [0.2, 0.25) is 0 Å². The minimum absolute atomic E-state index is 0.128. The third kappa shape index (κ3) is 3.46. The molecule has 2 N–H and O–H groups in total. The number of hydrogen-bond donors (Lipinski definition) is 1. The molecule has 2 aromatic carbocycles. The number of nitriles is 2. The summed E-state index contributed by atoms with van der Waals surface area (Å²) in [5.41, 5.74) is 8.35. The van der Waals surface area contributed by atoms with E-state index in [1.165, 1.54) is 11.8 Å². The van der Waals surface area contributed by atoms with E-state index in [0.717, 1.165) is 0 Å². The predicted octanol–water partition coefficient (Wildman–Crippen LogP) is 3.18. The Balaban J connectivity index is 2.06. The van der Waals surface area contributed by atoms with Gasteiger partial charge in [0, 0.05) is 0 Å². The number of carbonyl (C=O) groups is 1. The molecule has 0 saturated carbocycles. The third-order valence-electron chi connectivity index (χ3n) is 4.05. The van der Waals surface area contributed by atoms with Crippen molar-refractivity contribution in [3.8, 4) is 17.8 Å². The minimum atomic E-state index is -0.447. The largest absolute Gasteiger partial charge is 0.465 e. The normalized spacial score (nSPS) is 10.8. The molecule has 3 rings (SSSR count). The Morgan fingerprint density at radius 3 is 2.39 bits per heavy atom. The molecule has 0 bridgehead atoms. The summed E-state index contributed by atoms with van der Waals surface area (Å²) in [5, 5.41) is 23.5. The van der Waals surface area contributed by atoms with Gasteiger partial charge in [-0.05, 0) is 35.9 Å². The number of esters is 1. The number of benzene rings is 2. The lowest BCUT2D eigenvalue weighted by Gasteiger charge is -2.02. The number of methoxy groups -OCH3 is 1. The first kappa shape index (κ1) is 18.4. The number of carbonyl (C=O) groups excluding carboxylic acids is 1. The lowest BCUT2D eigenvalue weighted by atomic mass is 10.0. The Bertz CT molecular complexity index is 1130. The molecular weight excluding hydrogens is 354 g/mol. The second-order valence-electron chi connectivity index (χ2n) is 5.75. The molecule has 0 unspecified atom stereocenters. The molecule has 0 fully saturated rings. The number of hydrogen-bond acceptors (Lipinski definition) is 6. The van der Waals surface area contributed by atoms with Crippen molar-refractivity contribution in [1.29, 1.82) is 10.5 Å². The van der Waals surface area contributed by atoms with Crippen molar-refractivity contribution < 1.29 is 9.53 Å². The van der Waals surface area contributed by atoms with Crippen LogP contribution in [0.3, 0.4) is 0 Å². The van der Waals surface area contributed by atoms with Gasteiger partial charge in [-0.25, -0.2) is 9.48 Å². The van der Waals surface area contributed by atoms with Gasteiger partial charge >= 0.3 is 5.97 Å². The van der Waals surface area contributed by atoms with Gasteiger partial charge in [-0.15, -0.1) is 0 Å². The van der Waals surface area contributed by atoms with Gasteiger partial charge in [0.05, 0.1) is 23.9 Å². The first-order chi connectivity index (χ1) is 13.6. The van der Waals surface area contributed by atoms with Crippen molar-refractivity contribution in [1.82, 2.24) is 9.78 Å². The highest BCUT2D eigenvalue weighted by Crippen LogP contribution is 2.27. The molecule has 7 heteroatoms. The number of nitrogens with zero attached hydrogens (tertiary/aromatic N) is 4. The van der Waals surface area contributed by atoms with Crippen LogP contribution in [0, 0.1) is 22.7 Å². The van der Waals surface area contributed by atoms with Gasteiger partial charge in [-0.2, -0.15) is 15.6 Å². The van der Waals surface area contributed by atoms with Gasteiger partial charge in [0.15, 0.2) is 0 Å². The van der Waals surface area contributed by atoms with Crippen LogP contribution in [0.4, 0.5) is 5.82 Å². The Morgan fingerprint density at radius 2 is 1.82 bits per heavy atom. The molecule has 1 aromatic heterocycles. The zero-order chi connectivity index (χ0) is 20.1. The quantitative estimate of drug-likeness (QED) is 0.557. The van der Waals surface area contributed by atoms with Crippen molar-refractivity contribution in [2.75, 3.05) is 12.8 Å². The van der Waals surface area contributed by atoms with Gasteiger partial charge in [0.1, 0.15) is 29.2 Å². The summed E-state index contributed by atoms with van der Waals surface area (Å²) >= 11 is 0. The van der Waals surface area contributed by atoms with Crippen molar-refractivity contribution in [3.05, 3.63) is 77.0 Å². The summed E-state index contributed by atoms with van der Waals surface area (Å²) in [5.74, 6) is -0.289. The number of ether oxygens (including phenoxy) is 1. The molecule has 0 spiro atoms. The lowest BCUT2D eigenvalue weighted by molar-refractivity contribution is 0.0600. The number of para-hydroxylation sites is 1. The Kier molecular flexibility index (Phi) is 5.20. The lowest BCUT2D eigenvalue weighted by Crippen LogP contribution is -2.02. The molecule has 0 saturated heterocycles. The van der Waals surface area contributed by atoms with E-state index < -0.39 is 5.97 Å². The van der Waals surface area contributed by atoms with Crippen LogP contribution in [0.2, 0.25) is 0 Å². The van der Waals surface area contributed by atoms with Crippen molar-refractivity contribution >= 4 is 23.4 Å². The van der Waals surface area contributed by atoms with Gasteiger partial charge in [-0.1, -0.05) is 30.3 Å². The first-order valence-electron chi connectivity index (χ1n) is 8.23. The van der Waals surface area contributed by atoms with Gasteiger partial charge in [-0.3, -0.25) is 0 Å². The molecule has 136 valence electrons. The summed E-state index contributed by atoms with van der Waals surface area (Å²) in [6, 6.07) is 19.7. The topological polar surface area (TPSA) is 118 Å². The van der Waals surface area contributed by atoms with E-state index in [1.807, 2.05) is 24.3 Å². The van der Waals surface area contributed by atoms with Crippen LogP contribution in [0.25, 0.3) is 17.3 Å². The monoisotopic (exact) mass is 369 g/mol. The Hall–Kier alpha value is -4.36. The van der Waals surface area contributed by atoms with E-state index in [9.17, 15) is 15.3 Å². The molecule has 0 aliphatic heterocycles. The maximum atomic E-state index is 11.5. The summed E-state index contributed by atoms with van der Waals surface area (Å²) in [6.45, 7) is 0. The standard InChI is InChI=1S/C21H15N5O2/c1-28-21(27)15-9-7-14(8-10-15)11-16(12-22)19-18(13-23)20(24)26(25-19)17-5-3-2-4-6-17/h2-11H,24H2,1H3. The molecular formula is C21H15N5O2. The molecule has 0 amide bonds. The average Bonchev–Trinajstić information content (AvgIpc) is 3.08. The average molecular weight is 369 g/mol. The van der Waals surface area contributed by atoms with E-state index in [2.05, 4.69) is 15.9 Å². The fourth-order valence-corrected chi connectivity index (χ4v) is 2.65. The summed E-state index contributed by atoms with van der Waals surface area (Å²) in [6.07, 6.45) is 1.58. The molecule has 0 aliphatic rings. The predicted molar refractivity (Wildman–Crippen MR) is 104 cm³/mol.